The largest absolute Gasteiger partial charge is 0.417 e. The lowest BCUT2D eigenvalue weighted by Crippen LogP contribution is -2.15. The first kappa shape index (κ1) is 19.2. The van der Waals surface area contributed by atoms with Crippen LogP contribution in [0, 0.1) is 0 Å². The first-order chi connectivity index (χ1) is 14.3. The summed E-state index contributed by atoms with van der Waals surface area (Å²) in [5.74, 6) is -0.640. The number of nitrogens with two attached hydrogens (primary N) is 1. The van der Waals surface area contributed by atoms with Crippen molar-refractivity contribution in [2.45, 2.75) is 6.18 Å². The van der Waals surface area contributed by atoms with E-state index in [2.05, 4.69) is 20.5 Å². The van der Waals surface area contributed by atoms with Crippen molar-refractivity contribution in [1.29, 1.82) is 0 Å². The number of amides is 1. The van der Waals surface area contributed by atoms with Gasteiger partial charge in [-0.1, -0.05) is 12.1 Å². The number of benzene rings is 1. The van der Waals surface area contributed by atoms with Gasteiger partial charge in [-0.2, -0.15) is 23.4 Å². The zero-order chi connectivity index (χ0) is 21.3. The number of carbonyl (C=O) groups is 1. The lowest BCUT2D eigenvalue weighted by Gasteiger charge is -2.11. The number of aromatic nitrogens is 5. The summed E-state index contributed by atoms with van der Waals surface area (Å²) >= 11 is 0. The molecule has 1 amide bonds. The maximum atomic E-state index is 12.6. The first-order valence-electron chi connectivity index (χ1n) is 8.62. The van der Waals surface area contributed by atoms with E-state index in [1.165, 1.54) is 10.9 Å². The standard InChI is InChI=1S/C19H14F3N7O/c20-19(21,22)12-6-7-16(24-10-12)27-18(30)13-11-26-29(17(13)23)15-5-2-1-4-14(15)28-9-3-8-25-28/h1-11H,23H2,(H,24,27,30). The number of anilines is 2. The number of halogens is 3. The van der Waals surface area contributed by atoms with Crippen molar-refractivity contribution < 1.29 is 18.0 Å². The fourth-order valence-electron chi connectivity index (χ4n) is 2.79. The summed E-state index contributed by atoms with van der Waals surface area (Å²) in [5, 5.41) is 10.8. The highest BCUT2D eigenvalue weighted by Crippen LogP contribution is 2.29. The molecule has 152 valence electrons. The number of pyridine rings is 1. The lowest BCUT2D eigenvalue weighted by molar-refractivity contribution is -0.137. The van der Waals surface area contributed by atoms with Gasteiger partial charge in [-0.3, -0.25) is 4.79 Å². The van der Waals surface area contributed by atoms with Gasteiger partial charge in [-0.05, 0) is 30.3 Å². The molecule has 0 radical (unpaired) electrons. The average Bonchev–Trinajstić information content (AvgIpc) is 3.37. The van der Waals surface area contributed by atoms with Crippen LogP contribution in [0.2, 0.25) is 0 Å². The molecule has 0 aliphatic heterocycles. The van der Waals surface area contributed by atoms with Crippen LogP contribution in [0.5, 0.6) is 0 Å². The summed E-state index contributed by atoms with van der Waals surface area (Å²) in [6.45, 7) is 0. The molecule has 8 nitrogen and oxygen atoms in total. The Bertz CT molecular complexity index is 1180. The first-order valence-corrected chi connectivity index (χ1v) is 8.62. The van der Waals surface area contributed by atoms with E-state index in [1.54, 1.807) is 35.3 Å². The quantitative estimate of drug-likeness (QED) is 0.534. The molecule has 3 N–H and O–H groups in total. The van der Waals surface area contributed by atoms with E-state index in [0.29, 0.717) is 17.6 Å². The van der Waals surface area contributed by atoms with Crippen molar-refractivity contribution in [3.8, 4) is 11.4 Å². The second-order valence-corrected chi connectivity index (χ2v) is 6.18. The van der Waals surface area contributed by atoms with E-state index in [0.717, 1.165) is 12.1 Å². The number of nitrogens with zero attached hydrogens (tertiary/aromatic N) is 5. The van der Waals surface area contributed by atoms with Crippen molar-refractivity contribution in [1.82, 2.24) is 24.5 Å². The second kappa shape index (κ2) is 7.35. The Morgan fingerprint density at radius 2 is 1.77 bits per heavy atom. The number of hydrogen-bond donors (Lipinski definition) is 2. The third-order valence-electron chi connectivity index (χ3n) is 4.24. The highest BCUT2D eigenvalue weighted by molar-refractivity contribution is 6.06. The zero-order valence-electron chi connectivity index (χ0n) is 15.2. The van der Waals surface area contributed by atoms with Gasteiger partial charge >= 0.3 is 6.18 Å². The van der Waals surface area contributed by atoms with E-state index >= 15 is 0 Å². The van der Waals surface area contributed by atoms with Crippen LogP contribution in [0.3, 0.4) is 0 Å². The number of nitrogen functional groups attached to an aromatic ring is 1. The zero-order valence-corrected chi connectivity index (χ0v) is 15.2. The molecule has 4 aromatic rings. The monoisotopic (exact) mass is 413 g/mol. The predicted octanol–water partition coefficient (Wildman–Crippen LogP) is 3.31. The minimum Gasteiger partial charge on any atom is -0.383 e. The highest BCUT2D eigenvalue weighted by atomic mass is 19.4. The molecule has 3 aromatic heterocycles. The minimum atomic E-state index is -4.51. The number of para-hydroxylation sites is 2. The van der Waals surface area contributed by atoms with Crippen LogP contribution in [-0.4, -0.2) is 30.5 Å². The molecule has 3 heterocycles. The van der Waals surface area contributed by atoms with Crippen LogP contribution < -0.4 is 11.1 Å². The van der Waals surface area contributed by atoms with Gasteiger partial charge in [-0.25, -0.2) is 14.3 Å². The Labute approximate surface area is 167 Å². The molecule has 0 unspecified atom stereocenters. The van der Waals surface area contributed by atoms with E-state index in [9.17, 15) is 18.0 Å². The fraction of sp³-hybridized carbons (Fsp3) is 0.0526. The van der Waals surface area contributed by atoms with Gasteiger partial charge in [0.05, 0.1) is 23.1 Å². The molecule has 1 aromatic carbocycles. The van der Waals surface area contributed by atoms with Gasteiger partial charge in [0.1, 0.15) is 17.2 Å². The molecule has 0 saturated carbocycles. The van der Waals surface area contributed by atoms with Gasteiger partial charge < -0.3 is 11.1 Å². The van der Waals surface area contributed by atoms with Crippen LogP contribution in [0.15, 0.2) is 67.3 Å². The van der Waals surface area contributed by atoms with E-state index in [1.807, 2.05) is 12.1 Å². The molecular weight excluding hydrogens is 399 g/mol. The summed E-state index contributed by atoms with van der Waals surface area (Å²) in [7, 11) is 0. The summed E-state index contributed by atoms with van der Waals surface area (Å²) in [6.07, 6.45) is 0.780. The summed E-state index contributed by atoms with van der Waals surface area (Å²) in [4.78, 5) is 16.2. The summed E-state index contributed by atoms with van der Waals surface area (Å²) in [6, 6.07) is 10.8. The maximum absolute atomic E-state index is 12.6. The van der Waals surface area contributed by atoms with Crippen molar-refractivity contribution in [3.63, 3.8) is 0 Å². The van der Waals surface area contributed by atoms with E-state index in [4.69, 9.17) is 5.73 Å². The van der Waals surface area contributed by atoms with Gasteiger partial charge in [0.2, 0.25) is 0 Å². The molecule has 0 fully saturated rings. The van der Waals surface area contributed by atoms with E-state index in [-0.39, 0.29) is 17.2 Å². The van der Waals surface area contributed by atoms with Crippen LogP contribution >= 0.6 is 0 Å². The Hall–Kier alpha value is -4.15. The average molecular weight is 413 g/mol. The summed E-state index contributed by atoms with van der Waals surface area (Å²) < 4.78 is 40.9. The minimum absolute atomic E-state index is 0.0444. The Kier molecular flexibility index (Phi) is 4.70. The number of hydrogen-bond acceptors (Lipinski definition) is 5. The third-order valence-corrected chi connectivity index (χ3v) is 4.24. The molecular formula is C19H14F3N7O. The SMILES string of the molecule is Nc1c(C(=O)Nc2ccc(C(F)(F)F)cn2)cnn1-c1ccccc1-n1cccn1. The smallest absolute Gasteiger partial charge is 0.383 e. The van der Waals surface area contributed by atoms with Crippen LogP contribution in [0.1, 0.15) is 15.9 Å². The summed E-state index contributed by atoms with van der Waals surface area (Å²) in [5.41, 5.74) is 6.55. The molecule has 0 saturated heterocycles. The van der Waals surface area contributed by atoms with Crippen molar-refractivity contribution in [3.05, 3.63) is 78.4 Å². The molecule has 4 rings (SSSR count). The normalized spacial score (nSPS) is 11.4. The number of rotatable bonds is 4. The molecule has 30 heavy (non-hydrogen) atoms. The van der Waals surface area contributed by atoms with Crippen LogP contribution in [0.25, 0.3) is 11.4 Å². The van der Waals surface area contributed by atoms with Gasteiger partial charge in [0.25, 0.3) is 5.91 Å². The van der Waals surface area contributed by atoms with Crippen LogP contribution in [0.4, 0.5) is 24.8 Å². The topological polar surface area (TPSA) is 104 Å². The van der Waals surface area contributed by atoms with Gasteiger partial charge in [-0.15, -0.1) is 0 Å². The lowest BCUT2D eigenvalue weighted by atomic mass is 10.2. The fourth-order valence-corrected chi connectivity index (χ4v) is 2.79. The van der Waals surface area contributed by atoms with Gasteiger partial charge in [0.15, 0.2) is 0 Å². The van der Waals surface area contributed by atoms with Crippen molar-refractivity contribution >= 4 is 17.5 Å². The predicted molar refractivity (Wildman–Crippen MR) is 102 cm³/mol. The highest BCUT2D eigenvalue weighted by Gasteiger charge is 2.30. The molecule has 0 aliphatic carbocycles. The molecule has 0 bridgehead atoms. The molecule has 11 heteroatoms. The van der Waals surface area contributed by atoms with Crippen LogP contribution in [-0.2, 0) is 6.18 Å². The van der Waals surface area contributed by atoms with Crippen molar-refractivity contribution in [2.75, 3.05) is 11.1 Å². The number of alkyl halides is 3. The number of nitrogens with one attached hydrogen (secondary N) is 1. The molecule has 0 atom stereocenters. The maximum Gasteiger partial charge on any atom is 0.417 e. The molecule has 0 aliphatic rings. The Morgan fingerprint density at radius 1 is 1.00 bits per heavy atom. The second-order valence-electron chi connectivity index (χ2n) is 6.18. The van der Waals surface area contributed by atoms with Crippen molar-refractivity contribution in [2.24, 2.45) is 0 Å². The van der Waals surface area contributed by atoms with Gasteiger partial charge in [0, 0.05) is 18.6 Å². The molecule has 0 spiro atoms. The third kappa shape index (κ3) is 3.60. The number of carbonyl (C=O) groups excluding carboxylic acids is 1. The Balaban J connectivity index is 1.61. The Morgan fingerprint density at radius 3 is 2.40 bits per heavy atom. The van der Waals surface area contributed by atoms with E-state index < -0.39 is 17.6 Å².